The van der Waals surface area contributed by atoms with Crippen molar-refractivity contribution in [3.8, 4) is 11.3 Å². The molecule has 6 nitrogen and oxygen atoms in total. The van der Waals surface area contributed by atoms with E-state index in [1.54, 1.807) is 23.5 Å². The highest BCUT2D eigenvalue weighted by Crippen LogP contribution is 2.24. The maximum Gasteiger partial charge on any atom is 0.255 e. The Morgan fingerprint density at radius 1 is 1.13 bits per heavy atom. The van der Waals surface area contributed by atoms with Crippen LogP contribution < -0.4 is 5.56 Å². The van der Waals surface area contributed by atoms with Crippen LogP contribution >= 0.6 is 11.3 Å². The Kier molecular flexibility index (Phi) is 5.26. The normalized spacial score (nSPS) is 16.9. The molecule has 4 heterocycles. The van der Waals surface area contributed by atoms with Gasteiger partial charge in [-0.05, 0) is 43.5 Å². The predicted octanol–water partition coefficient (Wildman–Crippen LogP) is 3.56. The summed E-state index contributed by atoms with van der Waals surface area (Å²) >= 11 is 1.59. The van der Waals surface area contributed by atoms with Gasteiger partial charge >= 0.3 is 0 Å². The van der Waals surface area contributed by atoms with Gasteiger partial charge in [0.2, 0.25) is 0 Å². The molecule has 0 unspecified atom stereocenters. The molecule has 0 atom stereocenters. The molecular weight excluding hydrogens is 401 g/mol. The second-order valence-corrected chi connectivity index (χ2v) is 8.66. The predicted molar refractivity (Wildman–Crippen MR) is 115 cm³/mol. The van der Waals surface area contributed by atoms with Gasteiger partial charge in [0.25, 0.3) is 5.56 Å². The Hall–Kier alpha value is -2.71. The minimum atomic E-state index is -0.251. The summed E-state index contributed by atoms with van der Waals surface area (Å²) in [6.07, 6.45) is 3.83. The molecule has 0 spiro atoms. The first-order valence-electron chi connectivity index (χ1n) is 10.2. The van der Waals surface area contributed by atoms with Crippen molar-refractivity contribution in [2.75, 3.05) is 13.1 Å². The molecule has 8 heteroatoms. The lowest BCUT2D eigenvalue weighted by molar-refractivity contribution is 0.241. The summed E-state index contributed by atoms with van der Waals surface area (Å²) in [5.41, 5.74) is 4.27. The van der Waals surface area contributed by atoms with Crippen LogP contribution in [0.2, 0.25) is 0 Å². The summed E-state index contributed by atoms with van der Waals surface area (Å²) in [6, 6.07) is 6.38. The Morgan fingerprint density at radius 2 is 2.00 bits per heavy atom. The molecule has 2 aromatic heterocycles. The molecule has 154 valence electrons. The van der Waals surface area contributed by atoms with Crippen LogP contribution in [0.4, 0.5) is 4.39 Å². The SMILES string of the molecule is O=c1[nH]c(C2=NCCCC2)nc2c1CN(Cc1nc(-c3ccc(F)cc3)cs1)CC2. The molecule has 1 N–H and O–H groups in total. The Bertz CT molecular complexity index is 1150. The number of aromatic nitrogens is 3. The molecule has 0 aliphatic carbocycles. The van der Waals surface area contributed by atoms with Crippen molar-refractivity contribution in [2.24, 2.45) is 4.99 Å². The average molecular weight is 424 g/mol. The highest BCUT2D eigenvalue weighted by atomic mass is 32.1. The lowest BCUT2D eigenvalue weighted by Crippen LogP contribution is -2.36. The standard InChI is InChI=1S/C22H22FN5OS/c23-15-6-4-14(5-7-15)19-13-30-20(25-19)12-28-10-8-17-16(11-28)22(29)27-21(26-17)18-3-1-2-9-24-18/h4-7,13H,1-3,8-12H2,(H,26,27,29). The number of aliphatic imine (C=N–C) groups is 1. The van der Waals surface area contributed by atoms with E-state index < -0.39 is 0 Å². The minimum Gasteiger partial charge on any atom is -0.305 e. The zero-order chi connectivity index (χ0) is 20.5. The largest absolute Gasteiger partial charge is 0.305 e. The van der Waals surface area contributed by atoms with Gasteiger partial charge in [0.05, 0.1) is 29.2 Å². The van der Waals surface area contributed by atoms with E-state index in [0.717, 1.165) is 72.0 Å². The molecule has 2 aliphatic rings. The van der Waals surface area contributed by atoms with E-state index in [4.69, 9.17) is 9.97 Å². The molecule has 0 saturated carbocycles. The van der Waals surface area contributed by atoms with E-state index in [9.17, 15) is 9.18 Å². The number of aromatic amines is 1. The highest BCUT2D eigenvalue weighted by molar-refractivity contribution is 7.09. The van der Waals surface area contributed by atoms with Gasteiger partial charge < -0.3 is 4.98 Å². The molecule has 1 aromatic carbocycles. The second-order valence-electron chi connectivity index (χ2n) is 7.72. The van der Waals surface area contributed by atoms with Crippen LogP contribution in [0.15, 0.2) is 39.4 Å². The van der Waals surface area contributed by atoms with Crippen LogP contribution in [0.3, 0.4) is 0 Å². The molecule has 0 radical (unpaired) electrons. The lowest BCUT2D eigenvalue weighted by Gasteiger charge is -2.27. The Balaban J connectivity index is 1.31. The number of H-pyrrole nitrogens is 1. The maximum absolute atomic E-state index is 13.1. The molecule has 0 fully saturated rings. The number of benzene rings is 1. The van der Waals surface area contributed by atoms with Crippen molar-refractivity contribution in [3.63, 3.8) is 0 Å². The van der Waals surface area contributed by atoms with Gasteiger partial charge in [-0.3, -0.25) is 14.7 Å². The van der Waals surface area contributed by atoms with Crippen LogP contribution in [0.5, 0.6) is 0 Å². The van der Waals surface area contributed by atoms with Crippen molar-refractivity contribution in [3.05, 3.63) is 67.9 Å². The first-order chi connectivity index (χ1) is 14.7. The zero-order valence-corrected chi connectivity index (χ0v) is 17.3. The average Bonchev–Trinajstić information content (AvgIpc) is 3.23. The van der Waals surface area contributed by atoms with Gasteiger partial charge in [0.1, 0.15) is 10.8 Å². The zero-order valence-electron chi connectivity index (χ0n) is 16.5. The van der Waals surface area contributed by atoms with Gasteiger partial charge in [-0.15, -0.1) is 11.3 Å². The smallest absolute Gasteiger partial charge is 0.255 e. The van der Waals surface area contributed by atoms with Gasteiger partial charge in [0, 0.05) is 37.0 Å². The fourth-order valence-corrected chi connectivity index (χ4v) is 4.82. The number of halogens is 1. The third-order valence-corrected chi connectivity index (χ3v) is 6.43. The van der Waals surface area contributed by atoms with Crippen LogP contribution in [0.1, 0.15) is 41.4 Å². The molecule has 0 saturated heterocycles. The first kappa shape index (κ1) is 19.3. The van der Waals surface area contributed by atoms with Crippen LogP contribution in [-0.2, 0) is 19.5 Å². The monoisotopic (exact) mass is 423 g/mol. The quantitative estimate of drug-likeness (QED) is 0.696. The summed E-state index contributed by atoms with van der Waals surface area (Å²) in [6.45, 7) is 2.90. The third kappa shape index (κ3) is 3.97. The van der Waals surface area contributed by atoms with Gasteiger partial charge in [-0.1, -0.05) is 0 Å². The number of nitrogens with one attached hydrogen (secondary N) is 1. The molecule has 0 bridgehead atoms. The van der Waals surface area contributed by atoms with Crippen LogP contribution in [0.25, 0.3) is 11.3 Å². The Morgan fingerprint density at radius 3 is 2.80 bits per heavy atom. The summed E-state index contributed by atoms with van der Waals surface area (Å²) < 4.78 is 13.1. The van der Waals surface area contributed by atoms with E-state index in [2.05, 4.69) is 14.9 Å². The van der Waals surface area contributed by atoms with Crippen molar-refractivity contribution in [1.29, 1.82) is 0 Å². The van der Waals surface area contributed by atoms with E-state index in [0.29, 0.717) is 18.9 Å². The summed E-state index contributed by atoms with van der Waals surface area (Å²) in [5, 5.41) is 2.97. The number of thiazole rings is 1. The number of fused-ring (bicyclic) bond motifs is 1. The van der Waals surface area contributed by atoms with Gasteiger partial charge in [-0.25, -0.2) is 14.4 Å². The fraction of sp³-hybridized carbons (Fsp3) is 0.364. The molecule has 3 aromatic rings. The summed E-state index contributed by atoms with van der Waals surface area (Å²) in [7, 11) is 0. The first-order valence-corrected chi connectivity index (χ1v) is 11.1. The minimum absolute atomic E-state index is 0.0564. The van der Waals surface area contributed by atoms with E-state index in [-0.39, 0.29) is 11.4 Å². The Labute approximate surface area is 177 Å². The van der Waals surface area contributed by atoms with E-state index in [1.807, 2.05) is 5.38 Å². The van der Waals surface area contributed by atoms with Crippen LogP contribution in [0, 0.1) is 5.82 Å². The van der Waals surface area contributed by atoms with Crippen molar-refractivity contribution < 1.29 is 4.39 Å². The number of nitrogens with zero attached hydrogens (tertiary/aromatic N) is 4. The molecule has 0 amide bonds. The molecular formula is C22H22FN5OS. The molecule has 2 aliphatic heterocycles. The van der Waals surface area contributed by atoms with Gasteiger partial charge in [-0.2, -0.15) is 0 Å². The topological polar surface area (TPSA) is 74.2 Å². The van der Waals surface area contributed by atoms with Crippen LogP contribution in [-0.4, -0.2) is 38.7 Å². The number of rotatable bonds is 4. The summed E-state index contributed by atoms with van der Waals surface area (Å²) in [5.74, 6) is 0.398. The third-order valence-electron chi connectivity index (χ3n) is 5.60. The lowest BCUT2D eigenvalue weighted by atomic mass is 10.1. The van der Waals surface area contributed by atoms with Gasteiger partial charge in [0.15, 0.2) is 5.82 Å². The van der Waals surface area contributed by atoms with Crippen molar-refractivity contribution >= 4 is 17.0 Å². The highest BCUT2D eigenvalue weighted by Gasteiger charge is 2.23. The summed E-state index contributed by atoms with van der Waals surface area (Å²) in [4.78, 5) is 31.9. The number of hydrogen-bond donors (Lipinski definition) is 1. The van der Waals surface area contributed by atoms with Crippen molar-refractivity contribution in [2.45, 2.75) is 38.8 Å². The van der Waals surface area contributed by atoms with E-state index >= 15 is 0 Å². The molecule has 30 heavy (non-hydrogen) atoms. The van der Waals surface area contributed by atoms with Crippen molar-refractivity contribution in [1.82, 2.24) is 19.9 Å². The fourth-order valence-electron chi connectivity index (χ4n) is 3.97. The van der Waals surface area contributed by atoms with E-state index in [1.165, 1.54) is 12.1 Å². The maximum atomic E-state index is 13.1. The number of hydrogen-bond acceptors (Lipinski definition) is 6. The second kappa shape index (κ2) is 8.20. The molecule has 5 rings (SSSR count).